The molecule has 5 nitrogen and oxygen atoms in total. The fourth-order valence-corrected chi connectivity index (χ4v) is 1.70. The zero-order valence-electron chi connectivity index (χ0n) is 10.6. The van der Waals surface area contributed by atoms with Crippen molar-refractivity contribution < 1.29 is 14.1 Å². The van der Waals surface area contributed by atoms with Gasteiger partial charge in [-0.05, 0) is 36.8 Å². The van der Waals surface area contributed by atoms with Crippen molar-refractivity contribution >= 4 is 17.3 Å². The van der Waals surface area contributed by atoms with Crippen LogP contribution >= 0.6 is 0 Å². The van der Waals surface area contributed by atoms with Gasteiger partial charge in [0, 0.05) is 23.4 Å². The van der Waals surface area contributed by atoms with Gasteiger partial charge in [0.05, 0.1) is 4.92 Å². The van der Waals surface area contributed by atoms with Gasteiger partial charge in [0.25, 0.3) is 11.6 Å². The fraction of sp³-hybridized carbons (Fsp3) is 0.0714. The van der Waals surface area contributed by atoms with Crippen LogP contribution in [0.1, 0.15) is 15.9 Å². The molecule has 2 rings (SSSR count). The zero-order valence-corrected chi connectivity index (χ0v) is 10.6. The molecule has 0 heterocycles. The Hall–Kier alpha value is -2.76. The number of halogens is 1. The van der Waals surface area contributed by atoms with Crippen LogP contribution in [0.25, 0.3) is 0 Å². The van der Waals surface area contributed by atoms with Gasteiger partial charge in [-0.2, -0.15) is 0 Å². The van der Waals surface area contributed by atoms with Crippen molar-refractivity contribution in [2.24, 2.45) is 0 Å². The number of carbonyl (C=O) groups is 1. The highest BCUT2D eigenvalue weighted by molar-refractivity contribution is 6.05. The number of carbonyl (C=O) groups excluding carboxylic acids is 1. The first-order valence-corrected chi connectivity index (χ1v) is 5.79. The Morgan fingerprint density at radius 3 is 2.45 bits per heavy atom. The van der Waals surface area contributed by atoms with Gasteiger partial charge in [0.1, 0.15) is 5.82 Å². The van der Waals surface area contributed by atoms with E-state index in [4.69, 9.17) is 0 Å². The third kappa shape index (κ3) is 2.97. The second-order valence-electron chi connectivity index (χ2n) is 4.22. The second-order valence-corrected chi connectivity index (χ2v) is 4.22. The molecular weight excluding hydrogens is 263 g/mol. The van der Waals surface area contributed by atoms with Crippen LogP contribution < -0.4 is 5.32 Å². The summed E-state index contributed by atoms with van der Waals surface area (Å²) in [5.74, 6) is -0.882. The number of hydrogen-bond donors (Lipinski definition) is 1. The van der Waals surface area contributed by atoms with Gasteiger partial charge in [0.15, 0.2) is 0 Å². The van der Waals surface area contributed by atoms with E-state index >= 15 is 0 Å². The normalized spacial score (nSPS) is 10.1. The van der Waals surface area contributed by atoms with Crippen LogP contribution in [0.5, 0.6) is 0 Å². The Morgan fingerprint density at radius 1 is 1.20 bits per heavy atom. The quantitative estimate of drug-likeness (QED) is 0.689. The SMILES string of the molecule is Cc1ccc([N+](=O)[O-])cc1C(=O)Nc1ccc(F)cc1. The van der Waals surface area contributed by atoms with Crippen LogP contribution in [0.4, 0.5) is 15.8 Å². The van der Waals surface area contributed by atoms with E-state index in [1.807, 2.05) is 0 Å². The van der Waals surface area contributed by atoms with E-state index in [1.165, 1.54) is 42.5 Å². The molecule has 0 unspecified atom stereocenters. The average molecular weight is 274 g/mol. The lowest BCUT2D eigenvalue weighted by molar-refractivity contribution is -0.384. The number of hydrogen-bond acceptors (Lipinski definition) is 3. The molecule has 0 atom stereocenters. The lowest BCUT2D eigenvalue weighted by atomic mass is 10.1. The molecular formula is C14H11FN2O3. The maximum Gasteiger partial charge on any atom is 0.270 e. The predicted octanol–water partition coefficient (Wildman–Crippen LogP) is 3.29. The molecule has 0 saturated carbocycles. The highest BCUT2D eigenvalue weighted by atomic mass is 19.1. The van der Waals surface area contributed by atoms with Gasteiger partial charge in [0.2, 0.25) is 0 Å². The molecule has 0 fully saturated rings. The molecule has 0 aliphatic carbocycles. The molecule has 0 aliphatic rings. The largest absolute Gasteiger partial charge is 0.322 e. The van der Waals surface area contributed by atoms with Gasteiger partial charge >= 0.3 is 0 Å². The molecule has 2 aromatic rings. The van der Waals surface area contributed by atoms with Crippen LogP contribution in [0, 0.1) is 22.9 Å². The van der Waals surface area contributed by atoms with Crippen LogP contribution in [0.2, 0.25) is 0 Å². The third-order valence-electron chi connectivity index (χ3n) is 2.78. The smallest absolute Gasteiger partial charge is 0.270 e. The first kappa shape index (κ1) is 13.7. The molecule has 0 aliphatic heterocycles. The van der Waals surface area contributed by atoms with Crippen molar-refractivity contribution in [3.8, 4) is 0 Å². The number of nitro benzene ring substituents is 1. The molecule has 0 bridgehead atoms. The summed E-state index contributed by atoms with van der Waals surface area (Å²) >= 11 is 0. The minimum atomic E-state index is -0.561. The molecule has 6 heteroatoms. The average Bonchev–Trinajstić information content (AvgIpc) is 2.41. The third-order valence-corrected chi connectivity index (χ3v) is 2.78. The second kappa shape index (κ2) is 5.48. The first-order valence-electron chi connectivity index (χ1n) is 5.79. The van der Waals surface area contributed by atoms with E-state index < -0.39 is 16.6 Å². The number of benzene rings is 2. The molecule has 20 heavy (non-hydrogen) atoms. The van der Waals surface area contributed by atoms with Gasteiger partial charge in [-0.15, -0.1) is 0 Å². The van der Waals surface area contributed by atoms with Crippen LogP contribution in [0.15, 0.2) is 42.5 Å². The minimum Gasteiger partial charge on any atom is -0.322 e. The monoisotopic (exact) mass is 274 g/mol. The topological polar surface area (TPSA) is 72.2 Å². The summed E-state index contributed by atoms with van der Waals surface area (Å²) < 4.78 is 12.8. The van der Waals surface area contributed by atoms with Gasteiger partial charge in [-0.25, -0.2) is 4.39 Å². The molecule has 0 saturated heterocycles. The number of rotatable bonds is 3. The van der Waals surface area contributed by atoms with Crippen molar-refractivity contribution in [3.05, 3.63) is 69.5 Å². The summed E-state index contributed by atoms with van der Waals surface area (Å²) in [5.41, 5.74) is 1.10. The number of anilines is 1. The van der Waals surface area contributed by atoms with Crippen molar-refractivity contribution in [3.63, 3.8) is 0 Å². The predicted molar refractivity (Wildman–Crippen MR) is 72.2 cm³/mol. The summed E-state index contributed by atoms with van der Waals surface area (Å²) in [6, 6.07) is 9.33. The summed E-state index contributed by atoms with van der Waals surface area (Å²) in [4.78, 5) is 22.2. The number of nitro groups is 1. The Bertz CT molecular complexity index is 669. The lowest BCUT2D eigenvalue weighted by Crippen LogP contribution is -2.13. The number of aryl methyl sites for hydroxylation is 1. The first-order chi connectivity index (χ1) is 9.47. The molecule has 0 spiro atoms. The van der Waals surface area contributed by atoms with E-state index in [1.54, 1.807) is 6.92 Å². The summed E-state index contributed by atoms with van der Waals surface area (Å²) in [6.07, 6.45) is 0. The van der Waals surface area contributed by atoms with E-state index in [9.17, 15) is 19.3 Å². The summed E-state index contributed by atoms with van der Waals surface area (Å²) in [5, 5.41) is 13.3. The molecule has 1 N–H and O–H groups in total. The van der Waals surface area contributed by atoms with E-state index in [0.29, 0.717) is 11.3 Å². The molecule has 102 valence electrons. The molecule has 0 radical (unpaired) electrons. The highest BCUT2D eigenvalue weighted by Crippen LogP contribution is 2.19. The standard InChI is InChI=1S/C14H11FN2O3/c1-9-2-7-12(17(19)20)8-13(9)14(18)16-11-5-3-10(15)4-6-11/h2-8H,1H3,(H,16,18). The summed E-state index contributed by atoms with van der Waals surface area (Å²) in [6.45, 7) is 1.68. The van der Waals surface area contributed by atoms with Gasteiger partial charge in [-0.3, -0.25) is 14.9 Å². The Kier molecular flexibility index (Phi) is 3.74. The molecule has 0 aromatic heterocycles. The van der Waals surface area contributed by atoms with Crippen LogP contribution in [-0.2, 0) is 0 Å². The Labute approximate surface area is 114 Å². The van der Waals surface area contributed by atoms with Crippen molar-refractivity contribution in [2.75, 3.05) is 5.32 Å². The van der Waals surface area contributed by atoms with Crippen molar-refractivity contribution in [2.45, 2.75) is 6.92 Å². The number of non-ortho nitro benzene ring substituents is 1. The maximum absolute atomic E-state index is 12.8. The number of nitrogens with one attached hydrogen (secondary N) is 1. The van der Waals surface area contributed by atoms with Crippen LogP contribution in [0.3, 0.4) is 0 Å². The fourth-order valence-electron chi connectivity index (χ4n) is 1.70. The Morgan fingerprint density at radius 2 is 1.85 bits per heavy atom. The van der Waals surface area contributed by atoms with E-state index in [2.05, 4.69) is 5.32 Å². The van der Waals surface area contributed by atoms with Gasteiger partial charge in [-0.1, -0.05) is 6.07 Å². The zero-order chi connectivity index (χ0) is 14.7. The number of amides is 1. The summed E-state index contributed by atoms with van der Waals surface area (Å²) in [7, 11) is 0. The lowest BCUT2D eigenvalue weighted by Gasteiger charge is -2.07. The maximum atomic E-state index is 12.8. The van der Waals surface area contributed by atoms with Crippen molar-refractivity contribution in [1.29, 1.82) is 0 Å². The minimum absolute atomic E-state index is 0.153. The molecule has 2 aromatic carbocycles. The van der Waals surface area contributed by atoms with Gasteiger partial charge < -0.3 is 5.32 Å². The number of nitrogens with zero attached hydrogens (tertiary/aromatic N) is 1. The highest BCUT2D eigenvalue weighted by Gasteiger charge is 2.14. The molecule has 1 amide bonds. The van der Waals surface area contributed by atoms with E-state index in [-0.39, 0.29) is 11.3 Å². The van der Waals surface area contributed by atoms with Crippen LogP contribution in [-0.4, -0.2) is 10.8 Å². The Balaban J connectivity index is 2.26. The van der Waals surface area contributed by atoms with Crippen molar-refractivity contribution in [1.82, 2.24) is 0 Å². The van der Waals surface area contributed by atoms with E-state index in [0.717, 1.165) is 0 Å².